The molecule has 2 rings (SSSR count). The summed E-state index contributed by atoms with van der Waals surface area (Å²) in [6.07, 6.45) is 5.82. The average Bonchev–Trinajstić information content (AvgIpc) is 2.79. The van der Waals surface area contributed by atoms with Crippen LogP contribution in [0.4, 0.5) is 5.69 Å². The first-order valence-corrected chi connectivity index (χ1v) is 7.76. The van der Waals surface area contributed by atoms with Gasteiger partial charge < -0.3 is 10.3 Å². The Morgan fingerprint density at radius 1 is 1.00 bits per heavy atom. The van der Waals surface area contributed by atoms with Crippen molar-refractivity contribution in [1.29, 1.82) is 0 Å². The number of rotatable bonds is 7. The van der Waals surface area contributed by atoms with E-state index in [2.05, 4.69) is 42.7 Å². The van der Waals surface area contributed by atoms with Crippen LogP contribution in [0.5, 0.6) is 0 Å². The molecule has 0 fully saturated rings. The van der Waals surface area contributed by atoms with Crippen LogP contribution in [0.2, 0.25) is 0 Å². The minimum absolute atomic E-state index is 0.850. The number of aryl methyl sites for hydroxylation is 1. The van der Waals surface area contributed by atoms with E-state index in [9.17, 15) is 0 Å². The smallest absolute Gasteiger partial charge is 0.0316 e. The predicted molar refractivity (Wildman–Crippen MR) is 87.0 cm³/mol. The van der Waals surface area contributed by atoms with Gasteiger partial charge in [0.1, 0.15) is 0 Å². The highest BCUT2D eigenvalue weighted by molar-refractivity contribution is 5.42. The summed E-state index contributed by atoms with van der Waals surface area (Å²) in [6, 6.07) is 12.8. The van der Waals surface area contributed by atoms with Crippen LogP contribution in [0.1, 0.15) is 50.1 Å². The number of hydrogen-bond acceptors (Lipinski definition) is 1. The zero-order valence-corrected chi connectivity index (χ0v) is 12.7. The van der Waals surface area contributed by atoms with Crippen LogP contribution >= 0.6 is 0 Å². The number of nitrogens with two attached hydrogens (primary N) is 1. The van der Waals surface area contributed by atoms with E-state index in [0.717, 1.165) is 18.7 Å². The van der Waals surface area contributed by atoms with Gasteiger partial charge in [0.05, 0.1) is 0 Å². The average molecular weight is 270 g/mol. The molecule has 2 N–H and O–H groups in total. The predicted octanol–water partition coefficient (Wildman–Crippen LogP) is 4.41. The second-order valence-electron chi connectivity index (χ2n) is 5.49. The van der Waals surface area contributed by atoms with Crippen LogP contribution in [0.15, 0.2) is 36.4 Å². The Hall–Kier alpha value is -1.70. The van der Waals surface area contributed by atoms with Gasteiger partial charge in [0.25, 0.3) is 0 Å². The highest BCUT2D eigenvalue weighted by atomic mass is 15.0. The summed E-state index contributed by atoms with van der Waals surface area (Å²) in [5, 5.41) is 0. The molecule has 2 aromatic rings. The van der Waals surface area contributed by atoms with E-state index in [1.54, 1.807) is 0 Å². The third kappa shape index (κ3) is 3.66. The molecule has 0 unspecified atom stereocenters. The number of hydrogen-bond donors (Lipinski definition) is 1. The fraction of sp³-hybridized carbons (Fsp3) is 0.444. The topological polar surface area (TPSA) is 30.9 Å². The van der Waals surface area contributed by atoms with Crippen molar-refractivity contribution in [2.75, 3.05) is 5.73 Å². The van der Waals surface area contributed by atoms with E-state index in [1.807, 2.05) is 12.1 Å². The van der Waals surface area contributed by atoms with Crippen molar-refractivity contribution in [3.8, 4) is 0 Å². The fourth-order valence-electron chi connectivity index (χ4n) is 2.70. The molecule has 0 spiro atoms. The Morgan fingerprint density at radius 2 is 1.80 bits per heavy atom. The van der Waals surface area contributed by atoms with Crippen molar-refractivity contribution in [2.24, 2.45) is 0 Å². The highest BCUT2D eigenvalue weighted by Crippen LogP contribution is 2.18. The van der Waals surface area contributed by atoms with Crippen molar-refractivity contribution < 1.29 is 0 Å². The van der Waals surface area contributed by atoms with Gasteiger partial charge in [-0.3, -0.25) is 0 Å². The maximum atomic E-state index is 5.88. The van der Waals surface area contributed by atoms with Crippen molar-refractivity contribution in [1.82, 2.24) is 4.57 Å². The molecule has 0 aliphatic carbocycles. The molecule has 0 radical (unpaired) electrons. The monoisotopic (exact) mass is 270 g/mol. The molecular formula is C18H26N2. The summed E-state index contributed by atoms with van der Waals surface area (Å²) in [6.45, 7) is 5.63. The maximum Gasteiger partial charge on any atom is 0.0316 e. The second kappa shape index (κ2) is 7.18. The molecule has 1 aromatic carbocycles. The SMILES string of the molecule is CCCCn1c(CCC)ccc1Cc1cccc(N)c1. The van der Waals surface area contributed by atoms with Gasteiger partial charge in [-0.05, 0) is 42.7 Å². The summed E-state index contributed by atoms with van der Waals surface area (Å²) in [5.74, 6) is 0. The number of nitrogen functional groups attached to an aromatic ring is 1. The van der Waals surface area contributed by atoms with Crippen LogP contribution in [-0.4, -0.2) is 4.57 Å². The summed E-state index contributed by atoms with van der Waals surface area (Å²) in [4.78, 5) is 0. The van der Waals surface area contributed by atoms with Crippen LogP contribution in [0.3, 0.4) is 0 Å². The van der Waals surface area contributed by atoms with Crippen LogP contribution < -0.4 is 5.73 Å². The molecule has 0 saturated carbocycles. The molecule has 0 amide bonds. The largest absolute Gasteiger partial charge is 0.399 e. The standard InChI is InChI=1S/C18H26N2/c1-3-5-12-20-17(7-4-2)10-11-18(20)14-15-8-6-9-16(19)13-15/h6,8-11,13H,3-5,7,12,14,19H2,1-2H3. The molecule has 0 saturated heterocycles. The minimum atomic E-state index is 0.850. The van der Waals surface area contributed by atoms with Crippen molar-refractivity contribution in [3.05, 3.63) is 53.3 Å². The van der Waals surface area contributed by atoms with Gasteiger partial charge in [-0.25, -0.2) is 0 Å². The third-order valence-corrected chi connectivity index (χ3v) is 3.74. The lowest BCUT2D eigenvalue weighted by Gasteiger charge is -2.13. The Balaban J connectivity index is 2.21. The fourth-order valence-corrected chi connectivity index (χ4v) is 2.70. The minimum Gasteiger partial charge on any atom is -0.399 e. The second-order valence-corrected chi connectivity index (χ2v) is 5.49. The van der Waals surface area contributed by atoms with Gasteiger partial charge >= 0.3 is 0 Å². The normalized spacial score (nSPS) is 10.9. The molecule has 1 heterocycles. The zero-order valence-electron chi connectivity index (χ0n) is 12.7. The summed E-state index contributed by atoms with van der Waals surface area (Å²) in [5.41, 5.74) is 10.9. The molecule has 2 heteroatoms. The number of anilines is 1. The molecule has 0 bridgehead atoms. The van der Waals surface area contributed by atoms with E-state index < -0.39 is 0 Å². The lowest BCUT2D eigenvalue weighted by molar-refractivity contribution is 0.588. The van der Waals surface area contributed by atoms with E-state index >= 15 is 0 Å². The molecule has 0 atom stereocenters. The van der Waals surface area contributed by atoms with Gasteiger partial charge in [-0.1, -0.05) is 38.8 Å². The maximum absolute atomic E-state index is 5.88. The van der Waals surface area contributed by atoms with Gasteiger partial charge in [0, 0.05) is 30.0 Å². The molecule has 2 nitrogen and oxygen atoms in total. The van der Waals surface area contributed by atoms with Crippen molar-refractivity contribution in [2.45, 2.75) is 52.5 Å². The molecule has 0 aliphatic rings. The summed E-state index contributed by atoms with van der Waals surface area (Å²) in [7, 11) is 0. The molecule has 20 heavy (non-hydrogen) atoms. The van der Waals surface area contributed by atoms with Crippen LogP contribution in [-0.2, 0) is 19.4 Å². The Morgan fingerprint density at radius 3 is 2.50 bits per heavy atom. The first kappa shape index (κ1) is 14.7. The van der Waals surface area contributed by atoms with Crippen LogP contribution in [0.25, 0.3) is 0 Å². The first-order valence-electron chi connectivity index (χ1n) is 7.76. The lowest BCUT2D eigenvalue weighted by atomic mass is 10.1. The van der Waals surface area contributed by atoms with E-state index in [1.165, 1.54) is 42.6 Å². The zero-order chi connectivity index (χ0) is 14.4. The number of aromatic nitrogens is 1. The Labute approximate surface area is 122 Å². The summed E-state index contributed by atoms with van der Waals surface area (Å²) >= 11 is 0. The molecule has 1 aromatic heterocycles. The van der Waals surface area contributed by atoms with E-state index in [4.69, 9.17) is 5.73 Å². The Kier molecular flexibility index (Phi) is 5.28. The molecular weight excluding hydrogens is 244 g/mol. The van der Waals surface area contributed by atoms with E-state index in [0.29, 0.717) is 0 Å². The Bertz CT molecular complexity index is 540. The van der Waals surface area contributed by atoms with Gasteiger partial charge in [0.2, 0.25) is 0 Å². The van der Waals surface area contributed by atoms with Gasteiger partial charge in [0.15, 0.2) is 0 Å². The number of nitrogens with zero attached hydrogens (tertiary/aromatic N) is 1. The number of unbranched alkanes of at least 4 members (excludes halogenated alkanes) is 1. The highest BCUT2D eigenvalue weighted by Gasteiger charge is 2.08. The quantitative estimate of drug-likeness (QED) is 0.742. The van der Waals surface area contributed by atoms with Gasteiger partial charge in [-0.15, -0.1) is 0 Å². The van der Waals surface area contributed by atoms with Gasteiger partial charge in [-0.2, -0.15) is 0 Å². The van der Waals surface area contributed by atoms with Crippen LogP contribution in [0, 0.1) is 0 Å². The summed E-state index contributed by atoms with van der Waals surface area (Å²) < 4.78 is 2.51. The first-order chi connectivity index (χ1) is 9.74. The van der Waals surface area contributed by atoms with Crippen molar-refractivity contribution in [3.63, 3.8) is 0 Å². The molecule has 108 valence electrons. The van der Waals surface area contributed by atoms with Crippen molar-refractivity contribution >= 4 is 5.69 Å². The molecule has 0 aliphatic heterocycles. The number of benzene rings is 1. The third-order valence-electron chi connectivity index (χ3n) is 3.74. The van der Waals surface area contributed by atoms with E-state index in [-0.39, 0.29) is 0 Å². The lowest BCUT2D eigenvalue weighted by Crippen LogP contribution is -2.07.